The molecular formula is C13H19NO2S. The second-order valence-corrected chi connectivity index (χ2v) is 5.83. The second-order valence-electron chi connectivity index (χ2n) is 4.85. The van der Waals surface area contributed by atoms with E-state index in [0.29, 0.717) is 12.6 Å². The average molecular weight is 253 g/mol. The van der Waals surface area contributed by atoms with Gasteiger partial charge >= 0.3 is 5.97 Å². The van der Waals surface area contributed by atoms with Crippen molar-refractivity contribution in [3.05, 3.63) is 22.4 Å². The third kappa shape index (κ3) is 2.24. The van der Waals surface area contributed by atoms with Crippen LogP contribution < -0.4 is 0 Å². The summed E-state index contributed by atoms with van der Waals surface area (Å²) in [7, 11) is 0. The van der Waals surface area contributed by atoms with Gasteiger partial charge in [-0.15, -0.1) is 11.3 Å². The van der Waals surface area contributed by atoms with E-state index in [1.807, 2.05) is 6.92 Å². The normalized spacial score (nSPS) is 27.2. The van der Waals surface area contributed by atoms with E-state index >= 15 is 0 Å². The zero-order valence-electron chi connectivity index (χ0n) is 10.3. The maximum Gasteiger partial charge on any atom is 0.310 e. The third-order valence-corrected chi connectivity index (χ3v) is 5.06. The van der Waals surface area contributed by atoms with Gasteiger partial charge in [-0.05, 0) is 37.8 Å². The fourth-order valence-electron chi connectivity index (χ4n) is 2.56. The van der Waals surface area contributed by atoms with Crippen LogP contribution in [0.15, 0.2) is 17.5 Å². The van der Waals surface area contributed by atoms with E-state index in [1.165, 1.54) is 4.88 Å². The van der Waals surface area contributed by atoms with Gasteiger partial charge in [0.25, 0.3) is 0 Å². The van der Waals surface area contributed by atoms with E-state index in [2.05, 4.69) is 29.3 Å². The number of hydrogen-bond donors (Lipinski definition) is 1. The van der Waals surface area contributed by atoms with Crippen LogP contribution in [-0.4, -0.2) is 29.1 Å². The summed E-state index contributed by atoms with van der Waals surface area (Å²) in [6, 6.07) is 4.52. The molecule has 1 N–H and O–H groups in total. The van der Waals surface area contributed by atoms with Crippen LogP contribution in [0, 0.1) is 5.41 Å². The van der Waals surface area contributed by atoms with Crippen molar-refractivity contribution in [2.75, 3.05) is 13.1 Å². The number of likely N-dealkylation sites (tertiary alicyclic amines) is 1. The molecule has 4 heteroatoms. The van der Waals surface area contributed by atoms with Crippen LogP contribution in [0.25, 0.3) is 0 Å². The molecule has 0 saturated carbocycles. The molecule has 1 aliphatic rings. The van der Waals surface area contributed by atoms with Crippen molar-refractivity contribution in [2.24, 2.45) is 5.41 Å². The first-order valence-electron chi connectivity index (χ1n) is 6.10. The molecule has 1 fully saturated rings. The van der Waals surface area contributed by atoms with Gasteiger partial charge in [-0.2, -0.15) is 0 Å². The van der Waals surface area contributed by atoms with E-state index in [1.54, 1.807) is 11.3 Å². The molecule has 1 aromatic heterocycles. The topological polar surface area (TPSA) is 40.5 Å². The quantitative estimate of drug-likeness (QED) is 0.896. The minimum absolute atomic E-state index is 0.336. The number of thiophene rings is 1. The van der Waals surface area contributed by atoms with Gasteiger partial charge in [0.05, 0.1) is 5.41 Å². The summed E-state index contributed by atoms with van der Waals surface area (Å²) in [5, 5.41) is 11.4. The van der Waals surface area contributed by atoms with E-state index in [-0.39, 0.29) is 0 Å². The summed E-state index contributed by atoms with van der Waals surface area (Å²) in [6.07, 6.45) is 1.49. The predicted octanol–water partition coefficient (Wildman–Crippen LogP) is 3.00. The first-order valence-corrected chi connectivity index (χ1v) is 6.98. The van der Waals surface area contributed by atoms with Crippen molar-refractivity contribution in [1.82, 2.24) is 4.90 Å². The lowest BCUT2D eigenvalue weighted by atomic mass is 9.84. The molecule has 2 heterocycles. The molecule has 2 unspecified atom stereocenters. The number of carboxylic acid groups (broad SMARTS) is 1. The minimum atomic E-state index is -0.638. The summed E-state index contributed by atoms with van der Waals surface area (Å²) in [6.45, 7) is 5.71. The van der Waals surface area contributed by atoms with Crippen LogP contribution in [0.4, 0.5) is 0 Å². The molecule has 0 spiro atoms. The van der Waals surface area contributed by atoms with Crippen LogP contribution in [0.1, 0.15) is 37.6 Å². The van der Waals surface area contributed by atoms with Crippen LogP contribution in [0.3, 0.4) is 0 Å². The lowest BCUT2D eigenvalue weighted by Crippen LogP contribution is -2.34. The molecule has 0 aliphatic carbocycles. The summed E-state index contributed by atoms with van der Waals surface area (Å²) in [5.41, 5.74) is -0.522. The summed E-state index contributed by atoms with van der Waals surface area (Å²) >= 11 is 1.74. The third-order valence-electron chi connectivity index (χ3n) is 4.02. The number of carboxylic acids is 1. The van der Waals surface area contributed by atoms with Gasteiger partial charge in [0, 0.05) is 17.5 Å². The molecule has 0 amide bonds. The van der Waals surface area contributed by atoms with E-state index in [0.717, 1.165) is 19.4 Å². The molecule has 1 saturated heterocycles. The lowest BCUT2D eigenvalue weighted by Gasteiger charge is -2.26. The standard InChI is InChI=1S/C13H19NO2S/c1-3-13(12(15)16)6-7-14(9-13)10(2)11-5-4-8-17-11/h4-5,8,10H,3,6-7,9H2,1-2H3,(H,15,16). The Morgan fingerprint density at radius 1 is 1.71 bits per heavy atom. The van der Waals surface area contributed by atoms with E-state index in [4.69, 9.17) is 0 Å². The minimum Gasteiger partial charge on any atom is -0.481 e. The van der Waals surface area contributed by atoms with E-state index < -0.39 is 11.4 Å². The molecule has 1 aliphatic heterocycles. The lowest BCUT2D eigenvalue weighted by molar-refractivity contribution is -0.148. The Bertz CT molecular complexity index is 390. The van der Waals surface area contributed by atoms with Crippen LogP contribution in [0.2, 0.25) is 0 Å². The second kappa shape index (κ2) is 4.78. The van der Waals surface area contributed by atoms with Crippen LogP contribution in [-0.2, 0) is 4.79 Å². The Hall–Kier alpha value is -0.870. The summed E-state index contributed by atoms with van der Waals surface area (Å²) < 4.78 is 0. The number of carbonyl (C=O) groups is 1. The maximum absolute atomic E-state index is 11.4. The number of nitrogens with zero attached hydrogens (tertiary/aromatic N) is 1. The molecule has 94 valence electrons. The maximum atomic E-state index is 11.4. The highest BCUT2D eigenvalue weighted by Gasteiger charge is 2.44. The first-order chi connectivity index (χ1) is 8.09. The molecule has 2 rings (SSSR count). The molecule has 0 radical (unpaired) electrons. The van der Waals surface area contributed by atoms with Crippen LogP contribution in [0.5, 0.6) is 0 Å². The van der Waals surface area contributed by atoms with Crippen molar-refractivity contribution < 1.29 is 9.90 Å². The summed E-state index contributed by atoms with van der Waals surface area (Å²) in [5.74, 6) is -0.638. The fourth-order valence-corrected chi connectivity index (χ4v) is 3.38. The smallest absolute Gasteiger partial charge is 0.310 e. The van der Waals surface area contributed by atoms with Gasteiger partial charge in [0.1, 0.15) is 0 Å². The van der Waals surface area contributed by atoms with Crippen molar-refractivity contribution in [1.29, 1.82) is 0 Å². The van der Waals surface area contributed by atoms with Gasteiger partial charge in [-0.1, -0.05) is 13.0 Å². The molecule has 1 aromatic rings. The molecule has 0 bridgehead atoms. The van der Waals surface area contributed by atoms with Gasteiger partial charge < -0.3 is 5.11 Å². The highest BCUT2D eigenvalue weighted by atomic mass is 32.1. The van der Waals surface area contributed by atoms with Gasteiger partial charge in [0.2, 0.25) is 0 Å². The van der Waals surface area contributed by atoms with Crippen LogP contribution >= 0.6 is 11.3 Å². The Kier molecular flexibility index (Phi) is 3.54. The molecule has 3 nitrogen and oxygen atoms in total. The van der Waals surface area contributed by atoms with Crippen molar-refractivity contribution in [3.63, 3.8) is 0 Å². The molecule has 0 aromatic carbocycles. The predicted molar refractivity (Wildman–Crippen MR) is 69.3 cm³/mol. The highest BCUT2D eigenvalue weighted by Crippen LogP contribution is 2.38. The van der Waals surface area contributed by atoms with Gasteiger partial charge in [0.15, 0.2) is 0 Å². The zero-order chi connectivity index (χ0) is 12.5. The first kappa shape index (κ1) is 12.6. The summed E-state index contributed by atoms with van der Waals surface area (Å²) in [4.78, 5) is 15.0. The largest absolute Gasteiger partial charge is 0.481 e. The van der Waals surface area contributed by atoms with Crippen molar-refractivity contribution in [3.8, 4) is 0 Å². The fraction of sp³-hybridized carbons (Fsp3) is 0.615. The Morgan fingerprint density at radius 3 is 2.94 bits per heavy atom. The van der Waals surface area contributed by atoms with Crippen molar-refractivity contribution in [2.45, 2.75) is 32.7 Å². The molecular weight excluding hydrogens is 234 g/mol. The van der Waals surface area contributed by atoms with E-state index in [9.17, 15) is 9.90 Å². The molecule has 17 heavy (non-hydrogen) atoms. The number of rotatable bonds is 4. The SMILES string of the molecule is CCC1(C(=O)O)CCN(C(C)c2cccs2)C1. The monoisotopic (exact) mass is 253 g/mol. The average Bonchev–Trinajstić information content (AvgIpc) is 2.98. The number of hydrogen-bond acceptors (Lipinski definition) is 3. The zero-order valence-corrected chi connectivity index (χ0v) is 11.2. The Balaban J connectivity index is 2.09. The highest BCUT2D eigenvalue weighted by molar-refractivity contribution is 7.10. The Morgan fingerprint density at radius 2 is 2.47 bits per heavy atom. The number of aliphatic carboxylic acids is 1. The Labute approximate surface area is 106 Å². The van der Waals surface area contributed by atoms with Crippen molar-refractivity contribution >= 4 is 17.3 Å². The molecule has 2 atom stereocenters. The van der Waals surface area contributed by atoms with Gasteiger partial charge in [-0.25, -0.2) is 0 Å². The van der Waals surface area contributed by atoms with Gasteiger partial charge in [-0.3, -0.25) is 9.69 Å².